The molecule has 0 saturated heterocycles. The van der Waals surface area contributed by atoms with Crippen molar-refractivity contribution in [1.82, 2.24) is 0 Å². The Morgan fingerprint density at radius 3 is 1.64 bits per heavy atom. The van der Waals surface area contributed by atoms with E-state index in [1.807, 2.05) is 74.6 Å². The van der Waals surface area contributed by atoms with Crippen LogP contribution in [0.15, 0.2) is 240 Å². The van der Waals surface area contributed by atoms with Gasteiger partial charge in [-0.25, -0.2) is 0 Å². The molecule has 0 fully saturated rings. The van der Waals surface area contributed by atoms with Crippen LogP contribution in [0.4, 0.5) is 0 Å². The topological polar surface area (TPSA) is 0 Å². The van der Waals surface area contributed by atoms with Crippen LogP contribution >= 0.6 is 12.6 Å². The first-order chi connectivity index (χ1) is 25.7. The van der Waals surface area contributed by atoms with Crippen LogP contribution in [0.25, 0.3) is 5.57 Å². The molecule has 2 rings (SSSR count). The molecule has 0 spiro atoms. The number of rotatable bonds is 20. The van der Waals surface area contributed by atoms with Gasteiger partial charge in [0.05, 0.1) is 0 Å². The minimum Gasteiger partial charge on any atom is -0.175 e. The van der Waals surface area contributed by atoms with Gasteiger partial charge in [0, 0.05) is 5.75 Å². The van der Waals surface area contributed by atoms with E-state index < -0.39 is 0 Å². The molecule has 1 aromatic carbocycles. The van der Waals surface area contributed by atoms with Crippen LogP contribution < -0.4 is 0 Å². The quantitative estimate of drug-likeness (QED) is 0.0777. The van der Waals surface area contributed by atoms with Crippen molar-refractivity contribution >= 4 is 32.5 Å². The highest BCUT2D eigenvalue weighted by Gasteiger charge is 2.23. The number of hydrogen-bond donors (Lipinski definition) is 1. The summed E-state index contributed by atoms with van der Waals surface area (Å²) in [6.45, 7) is 35.7. The molecule has 0 aliphatic heterocycles. The maximum absolute atomic E-state index is 4.56. The lowest BCUT2D eigenvalue weighted by Crippen LogP contribution is -2.19. The fraction of sp³-hybridized carbons (Fsp3) is 0.160. The Kier molecular flexibility index (Phi) is 20.3. The Bertz CT molecular complexity index is 1910. The van der Waals surface area contributed by atoms with E-state index in [1.54, 1.807) is 6.08 Å². The summed E-state index contributed by atoms with van der Waals surface area (Å²) in [6, 6.07) is 10.5. The molecule has 2 radical (unpaired) electrons. The summed E-state index contributed by atoms with van der Waals surface area (Å²) >= 11 is 4.56. The molecule has 53 heavy (non-hydrogen) atoms. The van der Waals surface area contributed by atoms with Crippen LogP contribution in [-0.2, 0) is 0 Å². The lowest BCUT2D eigenvalue weighted by Gasteiger charge is -2.25. The lowest BCUT2D eigenvalue weighted by molar-refractivity contribution is 1.02. The molecule has 0 amide bonds. The SMILES string of the molecule is C=C/C=C(C=C)/C(C=C)=C(C1=CCCC=C1)/C([B][B]C(/C(=C(C)/C(C=C)=C/CS)c1ccccc1)=C(C)\C(C=C)=C\C=C/C)=C(C)/C(C=C)=C/C=C\C. The van der Waals surface area contributed by atoms with Crippen molar-refractivity contribution in [3.63, 3.8) is 0 Å². The fourth-order valence-electron chi connectivity index (χ4n) is 6.19. The van der Waals surface area contributed by atoms with Crippen LogP contribution in [0, 0.1) is 0 Å². The summed E-state index contributed by atoms with van der Waals surface area (Å²) in [5.74, 6) is 0.591. The van der Waals surface area contributed by atoms with E-state index in [4.69, 9.17) is 0 Å². The van der Waals surface area contributed by atoms with Crippen molar-refractivity contribution in [2.45, 2.75) is 47.5 Å². The molecule has 0 unspecified atom stereocenters. The molecule has 1 aliphatic rings. The molecule has 0 heterocycles. The van der Waals surface area contributed by atoms with E-state index in [1.165, 1.54) is 0 Å². The Balaban J connectivity index is 3.29. The normalized spacial score (nSPS) is 16.2. The van der Waals surface area contributed by atoms with E-state index in [0.717, 1.165) is 90.7 Å². The molecule has 0 bridgehead atoms. The molecule has 3 heteroatoms. The average Bonchev–Trinajstić information content (AvgIpc) is 3.19. The van der Waals surface area contributed by atoms with Crippen molar-refractivity contribution in [1.29, 1.82) is 0 Å². The number of hydrogen-bond acceptors (Lipinski definition) is 1. The minimum absolute atomic E-state index is 0.591. The van der Waals surface area contributed by atoms with Crippen molar-refractivity contribution < 1.29 is 0 Å². The van der Waals surface area contributed by atoms with Gasteiger partial charge in [-0.15, -0.1) is 0 Å². The van der Waals surface area contributed by atoms with E-state index in [9.17, 15) is 0 Å². The zero-order chi connectivity index (χ0) is 39.2. The Labute approximate surface area is 329 Å². The second-order valence-electron chi connectivity index (χ2n) is 12.2. The van der Waals surface area contributed by atoms with Gasteiger partial charge in [-0.2, -0.15) is 12.6 Å². The molecule has 0 aromatic heterocycles. The third kappa shape index (κ3) is 12.3. The summed E-state index contributed by atoms with van der Waals surface area (Å²) in [6.07, 6.45) is 36.5. The van der Waals surface area contributed by atoms with Gasteiger partial charge in [0.25, 0.3) is 0 Å². The molecule has 1 aromatic rings. The third-order valence-corrected chi connectivity index (χ3v) is 9.18. The Morgan fingerprint density at radius 1 is 0.660 bits per heavy atom. The van der Waals surface area contributed by atoms with Crippen LogP contribution in [0.3, 0.4) is 0 Å². The van der Waals surface area contributed by atoms with E-state index in [0.29, 0.717) is 5.75 Å². The molecule has 0 saturated carbocycles. The summed E-state index contributed by atoms with van der Waals surface area (Å²) in [7, 11) is 4.50. The standard InChI is InChI=1S/C50H56B2S/c1-12-20-29-40(15-4)38(10)49(47(44-31-24-22-25-32-44)37(9)42(17-6)35-36-53)51-52-50(39(11)41(16-5)30-21-13-2)48(45-33-26-23-27-34-45)46(19-8)43(18-7)28-14-3/h12-22,24-26,28-35,53H,3-8,23,27,36H2,1-2,9-11H3/b20-12-,21-13-,40-29+,41-30+,42-35+,43-28+,47-37+,48-46+,49-38-,50-39-. The van der Waals surface area contributed by atoms with Crippen LogP contribution in [-0.4, -0.2) is 20.1 Å². The second kappa shape index (κ2) is 24.3. The van der Waals surface area contributed by atoms with Crippen LogP contribution in [0.5, 0.6) is 0 Å². The molecule has 0 N–H and O–H groups in total. The largest absolute Gasteiger partial charge is 0.175 e. The van der Waals surface area contributed by atoms with Crippen molar-refractivity contribution in [3.8, 4) is 0 Å². The van der Waals surface area contributed by atoms with Crippen molar-refractivity contribution in [3.05, 3.63) is 245 Å². The summed E-state index contributed by atoms with van der Waals surface area (Å²) in [4.78, 5) is 0. The highest BCUT2D eigenvalue weighted by atomic mass is 32.1. The molecular weight excluding hydrogens is 654 g/mol. The summed E-state index contributed by atoms with van der Waals surface area (Å²) < 4.78 is 0. The minimum atomic E-state index is 0.591. The maximum atomic E-state index is 4.56. The van der Waals surface area contributed by atoms with Crippen molar-refractivity contribution in [2.75, 3.05) is 5.75 Å². The molecule has 0 atom stereocenters. The van der Waals surface area contributed by atoms with Gasteiger partial charge < -0.3 is 0 Å². The first-order valence-corrected chi connectivity index (χ1v) is 18.8. The van der Waals surface area contributed by atoms with E-state index >= 15 is 0 Å². The van der Waals surface area contributed by atoms with Gasteiger partial charge in [-0.05, 0) is 103 Å². The van der Waals surface area contributed by atoms with Gasteiger partial charge >= 0.3 is 0 Å². The second-order valence-corrected chi connectivity index (χ2v) is 12.6. The smallest absolute Gasteiger partial charge is 0.115 e. The molecule has 1 aliphatic carbocycles. The number of allylic oxidation sites excluding steroid dienone is 29. The Morgan fingerprint density at radius 2 is 1.21 bits per heavy atom. The van der Waals surface area contributed by atoms with E-state index in [-0.39, 0.29) is 0 Å². The summed E-state index contributed by atoms with van der Waals surface area (Å²) in [5.41, 5.74) is 14.7. The van der Waals surface area contributed by atoms with Gasteiger partial charge in [0.15, 0.2) is 0 Å². The Hall–Kier alpha value is -4.98. The van der Waals surface area contributed by atoms with Gasteiger partial charge in [-0.1, -0.05) is 195 Å². The first kappa shape index (κ1) is 44.2. The number of benzene rings is 1. The molecule has 268 valence electrons. The van der Waals surface area contributed by atoms with Crippen LogP contribution in [0.1, 0.15) is 53.0 Å². The predicted molar refractivity (Wildman–Crippen MR) is 246 cm³/mol. The zero-order valence-corrected chi connectivity index (χ0v) is 33.6. The lowest BCUT2D eigenvalue weighted by atomic mass is 9.30. The predicted octanol–water partition coefficient (Wildman–Crippen LogP) is 13.8. The highest BCUT2D eigenvalue weighted by molar-refractivity contribution is 7.80. The number of thiol groups is 1. The maximum Gasteiger partial charge on any atom is 0.115 e. The average molecular weight is 711 g/mol. The van der Waals surface area contributed by atoms with Crippen LogP contribution in [0.2, 0.25) is 0 Å². The zero-order valence-electron chi connectivity index (χ0n) is 32.7. The van der Waals surface area contributed by atoms with E-state index in [2.05, 4.69) is 154 Å². The van der Waals surface area contributed by atoms with Gasteiger partial charge in [0.1, 0.15) is 14.3 Å². The fourth-order valence-corrected chi connectivity index (χ4v) is 6.38. The monoisotopic (exact) mass is 710 g/mol. The summed E-state index contributed by atoms with van der Waals surface area (Å²) in [5, 5.41) is 0. The van der Waals surface area contributed by atoms with Gasteiger partial charge in [-0.3, -0.25) is 0 Å². The molecule has 0 nitrogen and oxygen atoms in total. The molecular formula is C50H56B2S. The van der Waals surface area contributed by atoms with Crippen molar-refractivity contribution in [2.24, 2.45) is 0 Å². The highest BCUT2D eigenvalue weighted by Crippen LogP contribution is 2.38. The van der Waals surface area contributed by atoms with Gasteiger partial charge in [0.2, 0.25) is 0 Å². The third-order valence-electron chi connectivity index (χ3n) is 8.99. The first-order valence-electron chi connectivity index (χ1n) is 18.1.